The predicted molar refractivity (Wildman–Crippen MR) is 61.3 cm³/mol. The number of carbonyl (C=O) groups excluding carboxylic acids is 1. The van der Waals surface area contributed by atoms with Gasteiger partial charge >= 0.3 is 0 Å². The van der Waals surface area contributed by atoms with Crippen molar-refractivity contribution in [3.63, 3.8) is 0 Å². The van der Waals surface area contributed by atoms with E-state index in [1.165, 1.54) is 20.2 Å². The molecule has 0 saturated carbocycles. The topological polar surface area (TPSA) is 72.7 Å². The fourth-order valence-corrected chi connectivity index (χ4v) is 1.42. The summed E-state index contributed by atoms with van der Waals surface area (Å²) in [6, 6.07) is 4.62. The molecule has 0 saturated heterocycles. The zero-order valence-electron chi connectivity index (χ0n) is 9.97. The van der Waals surface area contributed by atoms with Crippen molar-refractivity contribution in [2.45, 2.75) is 13.3 Å². The summed E-state index contributed by atoms with van der Waals surface area (Å²) >= 11 is 0. The number of benzene rings is 1. The van der Waals surface area contributed by atoms with E-state index in [9.17, 15) is 14.9 Å². The minimum absolute atomic E-state index is 0.0568. The number of amides is 1. The number of hydroxylamine groups is 2. The molecule has 0 bridgehead atoms. The maximum absolute atomic E-state index is 11.5. The highest BCUT2D eigenvalue weighted by atomic mass is 16.7. The van der Waals surface area contributed by atoms with Crippen LogP contribution in [0.2, 0.25) is 0 Å². The molecule has 17 heavy (non-hydrogen) atoms. The Kier molecular flexibility index (Phi) is 4.17. The highest BCUT2D eigenvalue weighted by molar-refractivity contribution is 5.77. The summed E-state index contributed by atoms with van der Waals surface area (Å²) in [4.78, 5) is 26.5. The van der Waals surface area contributed by atoms with Crippen LogP contribution in [0.3, 0.4) is 0 Å². The van der Waals surface area contributed by atoms with Crippen molar-refractivity contribution >= 4 is 11.6 Å². The molecule has 6 nitrogen and oxygen atoms in total. The van der Waals surface area contributed by atoms with Crippen molar-refractivity contribution in [2.24, 2.45) is 0 Å². The molecule has 0 aliphatic rings. The van der Waals surface area contributed by atoms with Gasteiger partial charge in [0.15, 0.2) is 0 Å². The molecule has 1 aromatic carbocycles. The Morgan fingerprint density at radius 3 is 2.65 bits per heavy atom. The molecule has 0 heterocycles. The smallest absolute Gasteiger partial charge is 0.272 e. The molecular formula is C11H14N2O4. The third-order valence-corrected chi connectivity index (χ3v) is 2.44. The first-order chi connectivity index (χ1) is 7.95. The van der Waals surface area contributed by atoms with Crippen molar-refractivity contribution < 1.29 is 14.6 Å². The number of likely N-dealkylation sites (N-methyl/N-ethyl adjacent to an activating group) is 1. The van der Waals surface area contributed by atoms with E-state index in [2.05, 4.69) is 0 Å². The summed E-state index contributed by atoms with van der Waals surface area (Å²) in [6.45, 7) is 1.64. The zero-order chi connectivity index (χ0) is 13.0. The molecule has 0 aliphatic carbocycles. The van der Waals surface area contributed by atoms with Crippen molar-refractivity contribution in [1.29, 1.82) is 0 Å². The minimum atomic E-state index is -0.442. The molecule has 0 unspecified atom stereocenters. The first-order valence-corrected chi connectivity index (χ1v) is 5.00. The number of hydrogen-bond donors (Lipinski definition) is 0. The highest BCUT2D eigenvalue weighted by Crippen LogP contribution is 2.19. The van der Waals surface area contributed by atoms with Gasteiger partial charge in [-0.05, 0) is 18.6 Å². The van der Waals surface area contributed by atoms with E-state index in [0.717, 1.165) is 10.6 Å². The van der Waals surface area contributed by atoms with Crippen LogP contribution in [0.1, 0.15) is 11.1 Å². The van der Waals surface area contributed by atoms with Gasteiger partial charge in [0.25, 0.3) is 5.69 Å². The number of carbonyl (C=O) groups is 1. The largest absolute Gasteiger partial charge is 0.275 e. The second-order valence-corrected chi connectivity index (χ2v) is 3.63. The average Bonchev–Trinajstić information content (AvgIpc) is 2.27. The summed E-state index contributed by atoms with van der Waals surface area (Å²) in [5.74, 6) is -0.208. The quantitative estimate of drug-likeness (QED) is 0.588. The lowest BCUT2D eigenvalue weighted by molar-refractivity contribution is -0.385. The van der Waals surface area contributed by atoms with Crippen LogP contribution in [-0.4, -0.2) is 30.1 Å². The fourth-order valence-electron chi connectivity index (χ4n) is 1.42. The molecule has 0 aromatic heterocycles. The second-order valence-electron chi connectivity index (χ2n) is 3.63. The van der Waals surface area contributed by atoms with Gasteiger partial charge in [0.2, 0.25) is 5.91 Å². The SMILES string of the molecule is CON(C)C(=O)Cc1ccc([N+](=O)[O-])c(C)c1. The summed E-state index contributed by atoms with van der Waals surface area (Å²) in [6.07, 6.45) is 0.156. The Labute approximate surface area is 98.9 Å². The van der Waals surface area contributed by atoms with Crippen molar-refractivity contribution in [2.75, 3.05) is 14.2 Å². The molecule has 0 radical (unpaired) electrons. The monoisotopic (exact) mass is 238 g/mol. The van der Waals surface area contributed by atoms with Crippen molar-refractivity contribution in [3.8, 4) is 0 Å². The van der Waals surface area contributed by atoms with Crippen LogP contribution in [0.25, 0.3) is 0 Å². The molecule has 0 fully saturated rings. The number of nitro groups is 1. The Morgan fingerprint density at radius 2 is 2.18 bits per heavy atom. The first kappa shape index (κ1) is 13.1. The Balaban J connectivity index is 2.84. The number of nitrogens with zero attached hydrogens (tertiary/aromatic N) is 2. The number of nitro benzene ring substituents is 1. The van der Waals surface area contributed by atoms with Gasteiger partial charge in [0, 0.05) is 18.7 Å². The molecule has 1 amide bonds. The van der Waals surface area contributed by atoms with Gasteiger partial charge in [-0.25, -0.2) is 5.06 Å². The molecule has 0 N–H and O–H groups in total. The number of hydrogen-bond acceptors (Lipinski definition) is 4. The second kappa shape index (κ2) is 5.40. The lowest BCUT2D eigenvalue weighted by Gasteiger charge is -2.13. The molecule has 92 valence electrons. The number of aryl methyl sites for hydroxylation is 1. The standard InChI is InChI=1S/C11H14N2O4/c1-8-6-9(4-5-10(8)13(15)16)7-11(14)12(2)17-3/h4-6H,7H2,1-3H3. The van der Waals surface area contributed by atoms with Gasteiger partial charge in [0.1, 0.15) is 0 Å². The Bertz CT molecular complexity index is 445. The van der Waals surface area contributed by atoms with Crippen molar-refractivity contribution in [3.05, 3.63) is 39.4 Å². The van der Waals surface area contributed by atoms with E-state index in [0.29, 0.717) is 5.56 Å². The van der Waals surface area contributed by atoms with Crippen LogP contribution in [0.5, 0.6) is 0 Å². The fraction of sp³-hybridized carbons (Fsp3) is 0.364. The van der Waals surface area contributed by atoms with Gasteiger partial charge in [-0.2, -0.15) is 0 Å². The zero-order valence-corrected chi connectivity index (χ0v) is 9.97. The third kappa shape index (κ3) is 3.25. The van der Waals surface area contributed by atoms with Gasteiger partial charge < -0.3 is 0 Å². The summed E-state index contributed by atoms with van der Waals surface area (Å²) in [5, 5.41) is 11.7. The number of rotatable bonds is 4. The van der Waals surface area contributed by atoms with Gasteiger partial charge in [-0.3, -0.25) is 19.7 Å². The summed E-state index contributed by atoms with van der Waals surface area (Å²) in [7, 11) is 2.92. The lowest BCUT2D eigenvalue weighted by atomic mass is 10.1. The van der Waals surface area contributed by atoms with E-state index in [1.807, 2.05) is 0 Å². The maximum atomic E-state index is 11.5. The molecule has 0 atom stereocenters. The molecular weight excluding hydrogens is 224 g/mol. The highest BCUT2D eigenvalue weighted by Gasteiger charge is 2.13. The van der Waals surface area contributed by atoms with E-state index >= 15 is 0 Å². The average molecular weight is 238 g/mol. The van der Waals surface area contributed by atoms with E-state index < -0.39 is 4.92 Å². The molecule has 1 rings (SSSR count). The van der Waals surface area contributed by atoms with E-state index in [1.54, 1.807) is 19.1 Å². The van der Waals surface area contributed by atoms with Crippen LogP contribution >= 0.6 is 0 Å². The molecule has 0 spiro atoms. The molecule has 6 heteroatoms. The van der Waals surface area contributed by atoms with Crippen molar-refractivity contribution in [1.82, 2.24) is 5.06 Å². The first-order valence-electron chi connectivity index (χ1n) is 5.00. The van der Waals surface area contributed by atoms with Crippen LogP contribution < -0.4 is 0 Å². The van der Waals surface area contributed by atoms with Gasteiger partial charge in [-0.15, -0.1) is 0 Å². The van der Waals surface area contributed by atoms with Gasteiger partial charge in [0.05, 0.1) is 18.5 Å². The minimum Gasteiger partial charge on any atom is -0.275 e. The maximum Gasteiger partial charge on any atom is 0.272 e. The van der Waals surface area contributed by atoms with Gasteiger partial charge in [-0.1, -0.05) is 6.07 Å². The van der Waals surface area contributed by atoms with Crippen LogP contribution in [0.4, 0.5) is 5.69 Å². The van der Waals surface area contributed by atoms with Crippen LogP contribution in [0, 0.1) is 17.0 Å². The predicted octanol–water partition coefficient (Wildman–Crippen LogP) is 1.47. The molecule has 0 aliphatic heterocycles. The van der Waals surface area contributed by atoms with E-state index in [4.69, 9.17) is 4.84 Å². The third-order valence-electron chi connectivity index (χ3n) is 2.44. The lowest BCUT2D eigenvalue weighted by Crippen LogP contribution is -2.26. The normalized spacial score (nSPS) is 10.1. The Morgan fingerprint density at radius 1 is 1.53 bits per heavy atom. The summed E-state index contributed by atoms with van der Waals surface area (Å²) in [5.41, 5.74) is 1.32. The summed E-state index contributed by atoms with van der Waals surface area (Å²) < 4.78 is 0. The van der Waals surface area contributed by atoms with Crippen LogP contribution in [-0.2, 0) is 16.1 Å². The Hall–Kier alpha value is -1.95. The van der Waals surface area contributed by atoms with Crippen LogP contribution in [0.15, 0.2) is 18.2 Å². The van der Waals surface area contributed by atoms with E-state index in [-0.39, 0.29) is 18.0 Å². The molecule has 1 aromatic rings.